The molecule has 0 spiro atoms. The molecule has 0 bridgehead atoms. The van der Waals surface area contributed by atoms with E-state index in [0.29, 0.717) is 12.0 Å². The Morgan fingerprint density at radius 3 is 2.82 bits per heavy atom. The Morgan fingerprint density at radius 1 is 1.35 bits per heavy atom. The Kier molecular flexibility index (Phi) is 4.57. The first-order valence-electron chi connectivity index (χ1n) is 6.78. The monoisotopic (exact) mass is 232 g/mol. The van der Waals surface area contributed by atoms with Gasteiger partial charge in [0.25, 0.3) is 0 Å². The quantitative estimate of drug-likeness (QED) is 0.864. The van der Waals surface area contributed by atoms with Crippen LogP contribution in [0.2, 0.25) is 0 Å². The van der Waals surface area contributed by atoms with Gasteiger partial charge in [-0.05, 0) is 43.8 Å². The van der Waals surface area contributed by atoms with E-state index in [2.05, 4.69) is 42.2 Å². The van der Waals surface area contributed by atoms with E-state index in [9.17, 15) is 0 Å². The lowest BCUT2D eigenvalue weighted by atomic mass is 9.97. The van der Waals surface area contributed by atoms with E-state index in [1.807, 2.05) is 0 Å². The summed E-state index contributed by atoms with van der Waals surface area (Å²) in [5.74, 6) is 0.648. The summed E-state index contributed by atoms with van der Waals surface area (Å²) in [6, 6.07) is 11.2. The highest BCUT2D eigenvalue weighted by Crippen LogP contribution is 2.19. The standard InChI is InChI=1S/C15H24N2/c1-13(14-6-3-2-4-7-14)9-11-17-10-5-8-15(16)12-17/h2-4,6-7,13,15H,5,8-12,16H2,1H3/t13-,15-/m1/s1. The van der Waals surface area contributed by atoms with Gasteiger partial charge < -0.3 is 10.6 Å². The third-order valence-corrected chi connectivity index (χ3v) is 3.79. The van der Waals surface area contributed by atoms with Crippen molar-refractivity contribution in [2.45, 2.75) is 38.1 Å². The van der Waals surface area contributed by atoms with Crippen LogP contribution in [-0.4, -0.2) is 30.6 Å². The average Bonchev–Trinajstić information content (AvgIpc) is 2.37. The summed E-state index contributed by atoms with van der Waals surface area (Å²) in [6.07, 6.45) is 3.70. The van der Waals surface area contributed by atoms with Gasteiger partial charge in [-0.15, -0.1) is 0 Å². The molecule has 2 nitrogen and oxygen atoms in total. The minimum atomic E-state index is 0.399. The molecule has 0 radical (unpaired) electrons. The molecule has 1 aromatic carbocycles. The van der Waals surface area contributed by atoms with E-state index >= 15 is 0 Å². The molecule has 0 aliphatic carbocycles. The second-order valence-corrected chi connectivity index (χ2v) is 5.30. The van der Waals surface area contributed by atoms with Gasteiger partial charge in [-0.25, -0.2) is 0 Å². The van der Waals surface area contributed by atoms with Crippen molar-refractivity contribution < 1.29 is 0 Å². The fraction of sp³-hybridized carbons (Fsp3) is 0.600. The van der Waals surface area contributed by atoms with Crippen molar-refractivity contribution >= 4 is 0 Å². The van der Waals surface area contributed by atoms with Crippen LogP contribution >= 0.6 is 0 Å². The average molecular weight is 232 g/mol. The van der Waals surface area contributed by atoms with Crippen molar-refractivity contribution in [3.8, 4) is 0 Å². The highest BCUT2D eigenvalue weighted by atomic mass is 15.1. The summed E-state index contributed by atoms with van der Waals surface area (Å²) in [7, 11) is 0. The van der Waals surface area contributed by atoms with Crippen LogP contribution in [0.1, 0.15) is 37.7 Å². The zero-order chi connectivity index (χ0) is 12.1. The molecule has 94 valence electrons. The second kappa shape index (κ2) is 6.18. The Morgan fingerprint density at radius 2 is 2.12 bits per heavy atom. The van der Waals surface area contributed by atoms with Gasteiger partial charge >= 0.3 is 0 Å². The Hall–Kier alpha value is -0.860. The van der Waals surface area contributed by atoms with Gasteiger partial charge in [0.1, 0.15) is 0 Å². The number of benzene rings is 1. The molecule has 2 atom stereocenters. The van der Waals surface area contributed by atoms with Crippen molar-refractivity contribution in [2.24, 2.45) is 5.73 Å². The highest BCUT2D eigenvalue weighted by Gasteiger charge is 2.17. The van der Waals surface area contributed by atoms with Crippen LogP contribution < -0.4 is 5.73 Å². The van der Waals surface area contributed by atoms with Gasteiger partial charge in [-0.2, -0.15) is 0 Å². The van der Waals surface area contributed by atoms with Gasteiger partial charge in [0.05, 0.1) is 0 Å². The molecular formula is C15H24N2. The van der Waals surface area contributed by atoms with Crippen molar-refractivity contribution in [1.29, 1.82) is 0 Å². The lowest BCUT2D eigenvalue weighted by molar-refractivity contribution is 0.203. The molecular weight excluding hydrogens is 208 g/mol. The minimum Gasteiger partial charge on any atom is -0.327 e. The molecule has 0 saturated carbocycles. The van der Waals surface area contributed by atoms with Gasteiger partial charge in [0.2, 0.25) is 0 Å². The summed E-state index contributed by atoms with van der Waals surface area (Å²) in [4.78, 5) is 2.52. The number of hydrogen-bond donors (Lipinski definition) is 1. The second-order valence-electron chi connectivity index (χ2n) is 5.30. The molecule has 1 saturated heterocycles. The van der Waals surface area contributed by atoms with Gasteiger partial charge in [0, 0.05) is 12.6 Å². The molecule has 0 unspecified atom stereocenters. The Bertz CT molecular complexity index is 323. The van der Waals surface area contributed by atoms with Crippen molar-refractivity contribution in [1.82, 2.24) is 4.90 Å². The van der Waals surface area contributed by atoms with Crippen molar-refractivity contribution in [3.05, 3.63) is 35.9 Å². The van der Waals surface area contributed by atoms with Gasteiger partial charge in [-0.1, -0.05) is 37.3 Å². The molecule has 0 aromatic heterocycles. The topological polar surface area (TPSA) is 29.3 Å². The maximum Gasteiger partial charge on any atom is 0.0168 e. The van der Waals surface area contributed by atoms with Crippen LogP contribution in [-0.2, 0) is 0 Å². The van der Waals surface area contributed by atoms with Crippen LogP contribution in [0, 0.1) is 0 Å². The smallest absolute Gasteiger partial charge is 0.0168 e. The lowest BCUT2D eigenvalue weighted by Gasteiger charge is -2.31. The zero-order valence-corrected chi connectivity index (χ0v) is 10.8. The number of nitrogens with two attached hydrogens (primary N) is 1. The third-order valence-electron chi connectivity index (χ3n) is 3.79. The molecule has 17 heavy (non-hydrogen) atoms. The molecule has 2 rings (SSSR count). The first-order valence-corrected chi connectivity index (χ1v) is 6.78. The molecule has 2 heteroatoms. The fourth-order valence-corrected chi connectivity index (χ4v) is 2.62. The largest absolute Gasteiger partial charge is 0.327 e. The van der Waals surface area contributed by atoms with E-state index in [1.54, 1.807) is 0 Å². The number of likely N-dealkylation sites (tertiary alicyclic amines) is 1. The molecule has 0 amide bonds. The summed E-state index contributed by atoms with van der Waals surface area (Å²) >= 11 is 0. The van der Waals surface area contributed by atoms with Crippen molar-refractivity contribution in [3.63, 3.8) is 0 Å². The number of piperidine rings is 1. The van der Waals surface area contributed by atoms with E-state index in [0.717, 1.165) is 6.54 Å². The molecule has 1 aliphatic rings. The Labute approximate surface area is 105 Å². The van der Waals surface area contributed by atoms with Crippen LogP contribution in [0.4, 0.5) is 0 Å². The van der Waals surface area contributed by atoms with Gasteiger partial charge in [0.15, 0.2) is 0 Å². The van der Waals surface area contributed by atoms with E-state index in [-0.39, 0.29) is 0 Å². The predicted octanol–water partition coefficient (Wildman–Crippen LogP) is 2.60. The van der Waals surface area contributed by atoms with Crippen LogP contribution in [0.3, 0.4) is 0 Å². The highest BCUT2D eigenvalue weighted by molar-refractivity contribution is 5.18. The zero-order valence-electron chi connectivity index (χ0n) is 10.8. The number of rotatable bonds is 4. The third kappa shape index (κ3) is 3.83. The Balaban J connectivity index is 1.78. The first-order chi connectivity index (χ1) is 8.25. The fourth-order valence-electron chi connectivity index (χ4n) is 2.62. The first kappa shape index (κ1) is 12.6. The summed E-state index contributed by atoms with van der Waals surface area (Å²) in [5.41, 5.74) is 7.45. The normalized spacial score (nSPS) is 23.5. The molecule has 1 aromatic rings. The van der Waals surface area contributed by atoms with Crippen LogP contribution in [0.25, 0.3) is 0 Å². The maximum atomic E-state index is 6.00. The van der Waals surface area contributed by atoms with E-state index in [4.69, 9.17) is 5.73 Å². The molecule has 2 N–H and O–H groups in total. The molecule has 1 aliphatic heterocycles. The summed E-state index contributed by atoms with van der Waals surface area (Å²) in [6.45, 7) is 5.82. The van der Waals surface area contributed by atoms with Gasteiger partial charge in [-0.3, -0.25) is 0 Å². The summed E-state index contributed by atoms with van der Waals surface area (Å²) in [5, 5.41) is 0. The maximum absolute atomic E-state index is 6.00. The SMILES string of the molecule is C[C@H](CCN1CCC[C@@H](N)C1)c1ccccc1. The minimum absolute atomic E-state index is 0.399. The van der Waals surface area contributed by atoms with E-state index in [1.165, 1.54) is 37.9 Å². The van der Waals surface area contributed by atoms with Crippen molar-refractivity contribution in [2.75, 3.05) is 19.6 Å². The molecule has 1 fully saturated rings. The lowest BCUT2D eigenvalue weighted by Crippen LogP contribution is -2.43. The predicted molar refractivity (Wildman–Crippen MR) is 73.1 cm³/mol. The molecule has 1 heterocycles. The number of hydrogen-bond acceptors (Lipinski definition) is 2. The van der Waals surface area contributed by atoms with Crippen LogP contribution in [0.5, 0.6) is 0 Å². The summed E-state index contributed by atoms with van der Waals surface area (Å²) < 4.78 is 0. The van der Waals surface area contributed by atoms with E-state index < -0.39 is 0 Å². The van der Waals surface area contributed by atoms with Crippen LogP contribution in [0.15, 0.2) is 30.3 Å². The number of nitrogens with zero attached hydrogens (tertiary/aromatic N) is 1.